The van der Waals surface area contributed by atoms with Crippen LogP contribution in [-0.2, 0) is 28.1 Å². The van der Waals surface area contributed by atoms with Crippen molar-refractivity contribution in [2.45, 2.75) is 16.5 Å². The molecule has 1 atom stereocenters. The van der Waals surface area contributed by atoms with E-state index in [0.29, 0.717) is 5.56 Å². The van der Waals surface area contributed by atoms with Crippen LogP contribution < -0.4 is 0 Å². The van der Waals surface area contributed by atoms with E-state index < -0.39 is 23.3 Å². The van der Waals surface area contributed by atoms with E-state index in [4.69, 9.17) is 13.0 Å². The number of benzene rings is 1. The minimum atomic E-state index is -1.20. The van der Waals surface area contributed by atoms with Crippen molar-refractivity contribution in [2.75, 3.05) is 7.11 Å². The topological polar surface area (TPSA) is 52.4 Å². The molecule has 1 rings (SSSR count). The van der Waals surface area contributed by atoms with Crippen LogP contribution in [0.1, 0.15) is 18.1 Å². The van der Waals surface area contributed by atoms with Gasteiger partial charge in [0, 0.05) is 0 Å². The van der Waals surface area contributed by atoms with Gasteiger partial charge < -0.3 is 0 Å². The van der Waals surface area contributed by atoms with Crippen molar-refractivity contribution >= 4 is 13.9 Å². The summed E-state index contributed by atoms with van der Waals surface area (Å²) in [6.07, 6.45) is 0.576. The van der Waals surface area contributed by atoms with Gasteiger partial charge in [-0.25, -0.2) is 0 Å². The molecule has 0 fully saturated rings. The molecule has 4 nitrogen and oxygen atoms in total. The third-order valence-electron chi connectivity index (χ3n) is 2.36. The number of ether oxygens (including phenoxy) is 1. The predicted molar refractivity (Wildman–Crippen MR) is 58.1 cm³/mol. The summed E-state index contributed by atoms with van der Waals surface area (Å²) in [5.74, 6) is 0. The summed E-state index contributed by atoms with van der Waals surface area (Å²) < 4.78 is 6.29. The second-order valence-electron chi connectivity index (χ2n) is 3.37. The second kappa shape index (κ2) is 7.19. The summed E-state index contributed by atoms with van der Waals surface area (Å²) >= 11 is -1.20. The van der Waals surface area contributed by atoms with E-state index in [1.54, 1.807) is 25.3 Å². The SMILES string of the molecule is COC(C[CH2][Hg][Cl])c1ccccc1[N+](=O)[O-]. The molecule has 6 heteroatoms. The summed E-state index contributed by atoms with van der Waals surface area (Å²) in [6.45, 7) is 0. The van der Waals surface area contributed by atoms with Gasteiger partial charge in [-0.2, -0.15) is 0 Å². The number of hydrogen-bond donors (Lipinski definition) is 0. The van der Waals surface area contributed by atoms with E-state index in [1.807, 2.05) is 0 Å². The van der Waals surface area contributed by atoms with E-state index in [1.165, 1.54) is 6.07 Å². The van der Waals surface area contributed by atoms with E-state index in [0.717, 1.165) is 10.4 Å². The third-order valence-corrected chi connectivity index (χ3v) is 7.34. The molecule has 0 saturated heterocycles. The zero-order valence-corrected chi connectivity index (χ0v) is 15.3. The van der Waals surface area contributed by atoms with Crippen LogP contribution in [0.15, 0.2) is 24.3 Å². The van der Waals surface area contributed by atoms with E-state index in [9.17, 15) is 10.1 Å². The molecule has 1 aromatic carbocycles. The van der Waals surface area contributed by atoms with Crippen LogP contribution >= 0.6 is 8.25 Å². The number of nitrogens with zero attached hydrogens (tertiary/aromatic N) is 1. The van der Waals surface area contributed by atoms with Gasteiger partial charge in [0.1, 0.15) is 0 Å². The van der Waals surface area contributed by atoms with Gasteiger partial charge in [-0.3, -0.25) is 0 Å². The number of methoxy groups -OCH3 is 1. The number of nitro benzene ring substituents is 1. The first kappa shape index (κ1) is 13.9. The first-order valence-corrected chi connectivity index (χ1v) is 15.7. The summed E-state index contributed by atoms with van der Waals surface area (Å²) in [4.78, 5) is 10.5. The van der Waals surface area contributed by atoms with Crippen LogP contribution in [0.5, 0.6) is 0 Å². The van der Waals surface area contributed by atoms with E-state index >= 15 is 0 Å². The molecule has 0 aliphatic rings. The Bertz CT molecular complexity index is 362. The molecule has 0 bridgehead atoms. The van der Waals surface area contributed by atoms with E-state index in [2.05, 4.69) is 0 Å². The summed E-state index contributed by atoms with van der Waals surface area (Å²) in [6, 6.07) is 6.71. The van der Waals surface area contributed by atoms with Crippen molar-refractivity contribution in [1.29, 1.82) is 0 Å². The number of hydrogen-bond acceptors (Lipinski definition) is 3. The number of para-hydroxylation sites is 1. The van der Waals surface area contributed by atoms with Crippen molar-refractivity contribution in [1.82, 2.24) is 0 Å². The molecule has 0 aromatic heterocycles. The van der Waals surface area contributed by atoms with Crippen LogP contribution in [0, 0.1) is 10.1 Å². The molecule has 0 heterocycles. The second-order valence-corrected chi connectivity index (χ2v) is 10.9. The Balaban J connectivity index is 2.94. The van der Waals surface area contributed by atoms with Crippen molar-refractivity contribution in [3.05, 3.63) is 39.9 Å². The fourth-order valence-electron chi connectivity index (χ4n) is 1.59. The third kappa shape index (κ3) is 3.68. The molecular formula is C10H12ClHgNO3. The van der Waals surface area contributed by atoms with Gasteiger partial charge in [0.15, 0.2) is 0 Å². The monoisotopic (exact) mass is 431 g/mol. The molecule has 16 heavy (non-hydrogen) atoms. The summed E-state index contributed by atoms with van der Waals surface area (Å²) in [7, 11) is 7.40. The predicted octanol–water partition coefficient (Wildman–Crippen LogP) is 3.33. The number of halogens is 1. The number of nitro groups is 1. The zero-order valence-electron chi connectivity index (χ0n) is 9.06. The maximum atomic E-state index is 10.9. The Morgan fingerprint density at radius 1 is 1.56 bits per heavy atom. The van der Waals surface area contributed by atoms with Gasteiger partial charge in [-0.1, -0.05) is 0 Å². The average Bonchev–Trinajstić information content (AvgIpc) is 2.30. The molecular weight excluding hydrogens is 418 g/mol. The van der Waals surface area contributed by atoms with Gasteiger partial charge in [0.05, 0.1) is 0 Å². The van der Waals surface area contributed by atoms with Gasteiger partial charge in [0.25, 0.3) is 0 Å². The van der Waals surface area contributed by atoms with Crippen molar-refractivity contribution in [3.8, 4) is 0 Å². The first-order chi connectivity index (χ1) is 7.70. The molecule has 1 unspecified atom stereocenters. The molecule has 0 aliphatic carbocycles. The van der Waals surface area contributed by atoms with Crippen LogP contribution in [0.25, 0.3) is 0 Å². The Kier molecular flexibility index (Phi) is 6.24. The Hall–Kier alpha value is -0.195. The fraction of sp³-hybridized carbons (Fsp3) is 0.400. The average molecular weight is 430 g/mol. The van der Waals surface area contributed by atoms with Crippen LogP contribution in [0.3, 0.4) is 0 Å². The molecule has 0 spiro atoms. The van der Waals surface area contributed by atoms with Crippen molar-refractivity contribution in [2.24, 2.45) is 0 Å². The molecule has 0 saturated carbocycles. The Labute approximate surface area is 110 Å². The first-order valence-electron chi connectivity index (χ1n) is 5.02. The summed E-state index contributed by atoms with van der Waals surface area (Å²) in [5, 5.41) is 10.9. The van der Waals surface area contributed by atoms with Crippen molar-refractivity contribution < 1.29 is 33.0 Å². The normalized spacial score (nSPS) is 11.9. The standard InChI is InChI=1S/C10H12NO3.ClH.Hg/c1-3-10(14-2)8-6-4-5-7-9(8)11(12)13;;/h4-7,10H,1,3H2,2H3;1H;/q;;+1/p-1. The van der Waals surface area contributed by atoms with Crippen LogP contribution in [0.4, 0.5) is 5.69 Å². The van der Waals surface area contributed by atoms with Crippen LogP contribution in [0.2, 0.25) is 3.93 Å². The van der Waals surface area contributed by atoms with Gasteiger partial charge in [-0.15, -0.1) is 0 Å². The minimum absolute atomic E-state index is 0.126. The van der Waals surface area contributed by atoms with Crippen molar-refractivity contribution in [3.63, 3.8) is 0 Å². The summed E-state index contributed by atoms with van der Waals surface area (Å²) in [5.41, 5.74) is 0.772. The quantitative estimate of drug-likeness (QED) is 0.395. The van der Waals surface area contributed by atoms with Gasteiger partial charge in [-0.05, 0) is 0 Å². The Morgan fingerprint density at radius 2 is 2.25 bits per heavy atom. The molecule has 0 N–H and O–H groups in total. The van der Waals surface area contributed by atoms with Gasteiger partial charge >= 0.3 is 110 Å². The fourth-order valence-corrected chi connectivity index (χ4v) is 4.98. The molecule has 0 amide bonds. The molecule has 0 radical (unpaired) electrons. The Morgan fingerprint density at radius 3 is 2.81 bits per heavy atom. The number of rotatable bonds is 6. The molecule has 1 aromatic rings. The molecule has 84 valence electrons. The maximum absolute atomic E-state index is 10.9. The molecule has 0 aliphatic heterocycles. The zero-order chi connectivity index (χ0) is 12.0. The van der Waals surface area contributed by atoms with Crippen LogP contribution in [-0.4, -0.2) is 12.0 Å². The van der Waals surface area contributed by atoms with Gasteiger partial charge in [0.2, 0.25) is 0 Å². The van der Waals surface area contributed by atoms with E-state index in [-0.39, 0.29) is 16.7 Å².